The van der Waals surface area contributed by atoms with Crippen molar-refractivity contribution in [3.8, 4) is 0 Å². The van der Waals surface area contributed by atoms with Crippen molar-refractivity contribution in [2.75, 3.05) is 19.0 Å². The van der Waals surface area contributed by atoms with Crippen LogP contribution in [0.4, 0.5) is 20.9 Å². The SMILES string of the molecule is CN(C)c1ccc(N=Nc2ccc(S(=O)(=O)F)cc2)cc1. The second kappa shape index (κ2) is 6.01. The van der Waals surface area contributed by atoms with E-state index in [1.807, 2.05) is 43.3 Å². The lowest BCUT2D eigenvalue weighted by molar-refractivity contribution is 0.552. The van der Waals surface area contributed by atoms with Gasteiger partial charge in [0.2, 0.25) is 0 Å². The topological polar surface area (TPSA) is 62.1 Å². The number of azo groups is 1. The fourth-order valence-corrected chi connectivity index (χ4v) is 2.07. The molecule has 0 unspecified atom stereocenters. The van der Waals surface area contributed by atoms with E-state index >= 15 is 0 Å². The number of hydrogen-bond acceptors (Lipinski definition) is 5. The van der Waals surface area contributed by atoms with Gasteiger partial charge in [-0.3, -0.25) is 0 Å². The molecule has 0 aromatic heterocycles. The molecule has 21 heavy (non-hydrogen) atoms. The summed E-state index contributed by atoms with van der Waals surface area (Å²) in [4.78, 5) is 1.58. The van der Waals surface area contributed by atoms with Gasteiger partial charge in [-0.1, -0.05) is 0 Å². The van der Waals surface area contributed by atoms with Crippen LogP contribution in [-0.4, -0.2) is 22.5 Å². The first kappa shape index (κ1) is 15.1. The molecule has 2 rings (SSSR count). The molecule has 0 aliphatic rings. The highest BCUT2D eigenvalue weighted by molar-refractivity contribution is 7.86. The van der Waals surface area contributed by atoms with Gasteiger partial charge in [0.05, 0.1) is 16.3 Å². The summed E-state index contributed by atoms with van der Waals surface area (Å²) in [7, 11) is -0.794. The normalized spacial score (nSPS) is 11.8. The van der Waals surface area contributed by atoms with Crippen LogP contribution >= 0.6 is 0 Å². The number of halogens is 1. The Kier molecular flexibility index (Phi) is 4.32. The zero-order valence-corrected chi connectivity index (χ0v) is 12.4. The number of nitrogens with zero attached hydrogens (tertiary/aromatic N) is 3. The van der Waals surface area contributed by atoms with E-state index in [0.29, 0.717) is 11.4 Å². The number of benzene rings is 2. The molecule has 0 heterocycles. The molecule has 0 bridgehead atoms. The molecule has 0 saturated heterocycles. The Labute approximate surface area is 123 Å². The average molecular weight is 307 g/mol. The lowest BCUT2D eigenvalue weighted by atomic mass is 10.3. The van der Waals surface area contributed by atoms with Crippen molar-refractivity contribution >= 4 is 27.3 Å². The number of hydrogen-bond donors (Lipinski definition) is 0. The summed E-state index contributed by atoms with van der Waals surface area (Å²) >= 11 is 0. The molecule has 0 aliphatic heterocycles. The first-order valence-corrected chi connectivity index (χ1v) is 7.48. The van der Waals surface area contributed by atoms with Crippen LogP contribution in [0.2, 0.25) is 0 Å². The van der Waals surface area contributed by atoms with Gasteiger partial charge in [0.25, 0.3) is 0 Å². The summed E-state index contributed by atoms with van der Waals surface area (Å²) < 4.78 is 34.1. The van der Waals surface area contributed by atoms with Crippen LogP contribution < -0.4 is 4.90 Å². The molecular weight excluding hydrogens is 293 g/mol. The molecule has 0 atom stereocenters. The molecule has 7 heteroatoms. The maximum atomic E-state index is 12.7. The van der Waals surface area contributed by atoms with Gasteiger partial charge in [-0.2, -0.15) is 18.6 Å². The molecule has 0 fully saturated rings. The molecule has 0 amide bonds. The predicted molar refractivity (Wildman–Crippen MR) is 79.7 cm³/mol. The maximum Gasteiger partial charge on any atom is 0.332 e. The molecule has 0 saturated carbocycles. The molecular formula is C14H14FN3O2S. The van der Waals surface area contributed by atoms with E-state index in [4.69, 9.17) is 0 Å². The van der Waals surface area contributed by atoms with Crippen LogP contribution in [0.5, 0.6) is 0 Å². The molecule has 2 aromatic rings. The largest absolute Gasteiger partial charge is 0.378 e. The summed E-state index contributed by atoms with van der Waals surface area (Å²) in [6, 6.07) is 12.5. The molecule has 2 aromatic carbocycles. The minimum Gasteiger partial charge on any atom is -0.378 e. The Morgan fingerprint density at radius 1 is 0.857 bits per heavy atom. The van der Waals surface area contributed by atoms with Crippen LogP contribution in [0.25, 0.3) is 0 Å². The Hall–Kier alpha value is -2.28. The Balaban J connectivity index is 2.14. The second-order valence-electron chi connectivity index (χ2n) is 4.54. The fraction of sp³-hybridized carbons (Fsp3) is 0.143. The van der Waals surface area contributed by atoms with E-state index < -0.39 is 15.1 Å². The van der Waals surface area contributed by atoms with Crippen molar-refractivity contribution < 1.29 is 12.3 Å². The van der Waals surface area contributed by atoms with Gasteiger partial charge >= 0.3 is 10.2 Å². The maximum absolute atomic E-state index is 12.7. The first-order chi connectivity index (χ1) is 9.86. The second-order valence-corrected chi connectivity index (χ2v) is 5.89. The Bertz CT molecular complexity index is 739. The van der Waals surface area contributed by atoms with Crippen LogP contribution in [0.15, 0.2) is 63.7 Å². The van der Waals surface area contributed by atoms with Crippen molar-refractivity contribution in [1.82, 2.24) is 0 Å². The summed E-state index contributed by atoms with van der Waals surface area (Å²) in [6.45, 7) is 0. The van der Waals surface area contributed by atoms with Gasteiger partial charge in [-0.15, -0.1) is 3.89 Å². The van der Waals surface area contributed by atoms with Gasteiger partial charge in [0.1, 0.15) is 0 Å². The fourth-order valence-electron chi connectivity index (χ4n) is 1.61. The molecule has 5 nitrogen and oxygen atoms in total. The summed E-state index contributed by atoms with van der Waals surface area (Å²) in [6.07, 6.45) is 0. The van der Waals surface area contributed by atoms with E-state index in [1.165, 1.54) is 12.1 Å². The first-order valence-electron chi connectivity index (χ1n) is 6.10. The van der Waals surface area contributed by atoms with Crippen LogP contribution in [0.3, 0.4) is 0 Å². The molecule has 0 N–H and O–H groups in total. The third kappa shape index (κ3) is 4.09. The number of rotatable bonds is 4. The predicted octanol–water partition coefficient (Wildman–Crippen LogP) is 3.83. The van der Waals surface area contributed by atoms with Gasteiger partial charge in [-0.05, 0) is 48.5 Å². The van der Waals surface area contributed by atoms with Crippen molar-refractivity contribution in [3.05, 3.63) is 48.5 Å². The zero-order chi connectivity index (χ0) is 15.5. The zero-order valence-electron chi connectivity index (χ0n) is 11.6. The summed E-state index contributed by atoms with van der Waals surface area (Å²) in [5.74, 6) is 0. The van der Waals surface area contributed by atoms with Crippen molar-refractivity contribution in [2.24, 2.45) is 10.2 Å². The average Bonchev–Trinajstić information content (AvgIpc) is 2.45. The highest BCUT2D eigenvalue weighted by Gasteiger charge is 2.10. The molecule has 110 valence electrons. The lowest BCUT2D eigenvalue weighted by Crippen LogP contribution is -2.07. The van der Waals surface area contributed by atoms with Crippen LogP contribution in [0.1, 0.15) is 0 Å². The van der Waals surface area contributed by atoms with Crippen molar-refractivity contribution in [2.45, 2.75) is 4.90 Å². The quantitative estimate of drug-likeness (QED) is 0.637. The van der Waals surface area contributed by atoms with E-state index in [0.717, 1.165) is 17.8 Å². The third-order valence-electron chi connectivity index (χ3n) is 2.77. The van der Waals surface area contributed by atoms with Crippen molar-refractivity contribution in [3.63, 3.8) is 0 Å². The van der Waals surface area contributed by atoms with E-state index in [2.05, 4.69) is 10.2 Å². The lowest BCUT2D eigenvalue weighted by Gasteiger charge is -2.11. The highest BCUT2D eigenvalue weighted by Crippen LogP contribution is 2.22. The highest BCUT2D eigenvalue weighted by atomic mass is 32.3. The Morgan fingerprint density at radius 2 is 1.29 bits per heavy atom. The minimum atomic E-state index is -4.68. The standard InChI is InChI=1S/C14H14FN3O2S/c1-18(2)13-7-3-11(4-8-13)16-17-12-5-9-14(10-6-12)21(15,19)20/h3-10H,1-2H3. The van der Waals surface area contributed by atoms with Gasteiger partial charge in [-0.25, -0.2) is 0 Å². The molecule has 0 radical (unpaired) electrons. The van der Waals surface area contributed by atoms with Gasteiger partial charge in [0, 0.05) is 19.8 Å². The Morgan fingerprint density at radius 3 is 1.67 bits per heavy atom. The van der Waals surface area contributed by atoms with Crippen LogP contribution in [0, 0.1) is 0 Å². The summed E-state index contributed by atoms with van der Waals surface area (Å²) in [5.41, 5.74) is 2.16. The van der Waals surface area contributed by atoms with E-state index in [1.54, 1.807) is 0 Å². The van der Waals surface area contributed by atoms with Gasteiger partial charge in [0.15, 0.2) is 0 Å². The monoisotopic (exact) mass is 307 g/mol. The molecule has 0 aliphatic carbocycles. The van der Waals surface area contributed by atoms with Crippen molar-refractivity contribution in [1.29, 1.82) is 0 Å². The van der Waals surface area contributed by atoms with Gasteiger partial charge < -0.3 is 4.90 Å². The molecule has 0 spiro atoms. The summed E-state index contributed by atoms with van der Waals surface area (Å²) in [5, 5.41) is 8.00. The van der Waals surface area contributed by atoms with E-state index in [-0.39, 0.29) is 0 Å². The van der Waals surface area contributed by atoms with Crippen LogP contribution in [-0.2, 0) is 10.2 Å². The third-order valence-corrected chi connectivity index (χ3v) is 3.60. The van der Waals surface area contributed by atoms with E-state index in [9.17, 15) is 12.3 Å². The minimum absolute atomic E-state index is 0.392. The smallest absolute Gasteiger partial charge is 0.332 e. The number of anilines is 1.